The Balaban J connectivity index is 1.99. The highest BCUT2D eigenvalue weighted by Gasteiger charge is 2.21. The molecule has 0 amide bonds. The number of nitrogens with zero attached hydrogens (tertiary/aromatic N) is 3. The fraction of sp³-hybridized carbons (Fsp3) is 0.583. The summed E-state index contributed by atoms with van der Waals surface area (Å²) in [5, 5.41) is 0. The average molecular weight is 284 g/mol. The van der Waals surface area contributed by atoms with E-state index in [9.17, 15) is 0 Å². The first kappa shape index (κ1) is 11.9. The van der Waals surface area contributed by atoms with Gasteiger partial charge in [-0.1, -0.05) is 6.07 Å². The highest BCUT2D eigenvalue weighted by atomic mass is 79.9. The molecular weight excluding hydrogens is 266 g/mol. The maximum atomic E-state index is 4.50. The van der Waals surface area contributed by atoms with Crippen molar-refractivity contribution >= 4 is 21.7 Å². The topological polar surface area (TPSA) is 19.4 Å². The zero-order chi connectivity index (χ0) is 11.5. The van der Waals surface area contributed by atoms with Crippen LogP contribution in [0.15, 0.2) is 22.8 Å². The molecule has 0 atom stereocenters. The molecule has 3 nitrogen and oxygen atoms in total. The second-order valence-electron chi connectivity index (χ2n) is 4.50. The summed E-state index contributed by atoms with van der Waals surface area (Å²) in [5.74, 6) is 1.09. The molecule has 1 aromatic rings. The zero-order valence-corrected chi connectivity index (χ0v) is 11.4. The van der Waals surface area contributed by atoms with Gasteiger partial charge in [0.15, 0.2) is 0 Å². The number of pyridine rings is 1. The van der Waals surface area contributed by atoms with E-state index >= 15 is 0 Å². The number of anilines is 1. The molecule has 4 heteroatoms. The Morgan fingerprint density at radius 1 is 1.31 bits per heavy atom. The molecule has 88 valence electrons. The van der Waals surface area contributed by atoms with Crippen LogP contribution >= 0.6 is 15.9 Å². The van der Waals surface area contributed by atoms with Crippen LogP contribution in [0.1, 0.15) is 12.8 Å². The monoisotopic (exact) mass is 283 g/mol. The summed E-state index contributed by atoms with van der Waals surface area (Å²) in [4.78, 5) is 9.19. The first-order valence-corrected chi connectivity index (χ1v) is 6.50. The Morgan fingerprint density at radius 3 is 2.56 bits per heavy atom. The van der Waals surface area contributed by atoms with Crippen LogP contribution in [0.3, 0.4) is 0 Å². The van der Waals surface area contributed by atoms with Gasteiger partial charge in [-0.2, -0.15) is 0 Å². The van der Waals surface area contributed by atoms with E-state index in [1.54, 1.807) is 0 Å². The third-order valence-electron chi connectivity index (χ3n) is 3.22. The number of aromatic nitrogens is 1. The van der Waals surface area contributed by atoms with Gasteiger partial charge in [-0.05, 0) is 55.0 Å². The molecule has 0 N–H and O–H groups in total. The molecule has 0 spiro atoms. The molecule has 1 fully saturated rings. The summed E-state index contributed by atoms with van der Waals surface area (Å²) in [5.41, 5.74) is 0. The molecule has 1 aromatic heterocycles. The first-order chi connectivity index (χ1) is 7.66. The highest BCUT2D eigenvalue weighted by molar-refractivity contribution is 9.10. The molecule has 0 unspecified atom stereocenters. The van der Waals surface area contributed by atoms with Crippen LogP contribution < -0.4 is 4.90 Å². The van der Waals surface area contributed by atoms with Crippen LogP contribution in [0.4, 0.5) is 5.82 Å². The van der Waals surface area contributed by atoms with Gasteiger partial charge in [0.25, 0.3) is 0 Å². The van der Waals surface area contributed by atoms with Gasteiger partial charge in [0.2, 0.25) is 0 Å². The maximum absolute atomic E-state index is 4.50. The third-order valence-corrected chi connectivity index (χ3v) is 3.66. The Labute approximate surface area is 106 Å². The third kappa shape index (κ3) is 2.74. The largest absolute Gasteiger partial charge is 0.356 e. The van der Waals surface area contributed by atoms with Crippen LogP contribution in [0.5, 0.6) is 0 Å². The second-order valence-corrected chi connectivity index (χ2v) is 5.31. The zero-order valence-electron chi connectivity index (χ0n) is 9.86. The van der Waals surface area contributed by atoms with Gasteiger partial charge >= 0.3 is 0 Å². The molecule has 2 heterocycles. The van der Waals surface area contributed by atoms with Crippen molar-refractivity contribution in [2.24, 2.45) is 0 Å². The number of halogens is 1. The summed E-state index contributed by atoms with van der Waals surface area (Å²) >= 11 is 3.42. The van der Waals surface area contributed by atoms with Crippen molar-refractivity contribution in [1.82, 2.24) is 9.88 Å². The van der Waals surface area contributed by atoms with Gasteiger partial charge in [0.05, 0.1) is 0 Å². The van der Waals surface area contributed by atoms with Crippen molar-refractivity contribution < 1.29 is 0 Å². The van der Waals surface area contributed by atoms with Crippen molar-refractivity contribution in [3.05, 3.63) is 22.8 Å². The number of hydrogen-bond donors (Lipinski definition) is 0. The van der Waals surface area contributed by atoms with Gasteiger partial charge in [-0.3, -0.25) is 0 Å². The van der Waals surface area contributed by atoms with Gasteiger partial charge < -0.3 is 9.80 Å². The summed E-state index contributed by atoms with van der Waals surface area (Å²) in [6, 6.07) is 6.82. The van der Waals surface area contributed by atoms with Gasteiger partial charge in [0.1, 0.15) is 10.4 Å². The lowest BCUT2D eigenvalue weighted by Gasteiger charge is -2.35. The van der Waals surface area contributed by atoms with E-state index in [1.807, 2.05) is 12.1 Å². The van der Waals surface area contributed by atoms with Crippen LogP contribution in [0.2, 0.25) is 0 Å². The normalized spacial score (nSPS) is 18.1. The highest BCUT2D eigenvalue weighted by Crippen LogP contribution is 2.21. The Hall–Kier alpha value is -0.610. The fourth-order valence-corrected chi connectivity index (χ4v) is 2.52. The SMILES string of the molecule is CN(C)C1CCN(c2cccc(Br)n2)CC1. The number of hydrogen-bond acceptors (Lipinski definition) is 3. The van der Waals surface area contributed by atoms with Crippen LogP contribution in [-0.2, 0) is 0 Å². The summed E-state index contributed by atoms with van der Waals surface area (Å²) < 4.78 is 0.916. The van der Waals surface area contributed by atoms with E-state index in [0.29, 0.717) is 0 Å². The predicted molar refractivity (Wildman–Crippen MR) is 70.9 cm³/mol. The Kier molecular flexibility index (Phi) is 3.82. The fourth-order valence-electron chi connectivity index (χ4n) is 2.19. The van der Waals surface area contributed by atoms with Crippen molar-refractivity contribution in [3.8, 4) is 0 Å². The van der Waals surface area contributed by atoms with Gasteiger partial charge in [-0.15, -0.1) is 0 Å². The Morgan fingerprint density at radius 2 is 2.00 bits per heavy atom. The van der Waals surface area contributed by atoms with E-state index < -0.39 is 0 Å². The molecule has 0 aliphatic carbocycles. The van der Waals surface area contributed by atoms with Crippen molar-refractivity contribution in [3.63, 3.8) is 0 Å². The molecule has 1 aliphatic rings. The summed E-state index contributed by atoms with van der Waals surface area (Å²) in [6.45, 7) is 2.21. The van der Waals surface area contributed by atoms with Crippen LogP contribution in [-0.4, -0.2) is 43.1 Å². The molecule has 0 radical (unpaired) electrons. The van der Waals surface area contributed by atoms with E-state index in [2.05, 4.69) is 50.9 Å². The van der Waals surface area contributed by atoms with Crippen molar-refractivity contribution in [1.29, 1.82) is 0 Å². The molecule has 0 bridgehead atoms. The van der Waals surface area contributed by atoms with E-state index in [4.69, 9.17) is 0 Å². The van der Waals surface area contributed by atoms with Crippen molar-refractivity contribution in [2.75, 3.05) is 32.1 Å². The van der Waals surface area contributed by atoms with Crippen LogP contribution in [0.25, 0.3) is 0 Å². The molecule has 1 saturated heterocycles. The maximum Gasteiger partial charge on any atom is 0.129 e. The summed E-state index contributed by atoms with van der Waals surface area (Å²) in [6.07, 6.45) is 2.45. The minimum absolute atomic E-state index is 0.725. The molecule has 2 rings (SSSR count). The minimum atomic E-state index is 0.725. The number of rotatable bonds is 2. The summed E-state index contributed by atoms with van der Waals surface area (Å²) in [7, 11) is 4.33. The predicted octanol–water partition coefficient (Wildman–Crippen LogP) is 2.37. The standard InChI is InChI=1S/C12H18BrN3/c1-15(2)10-6-8-16(9-7-10)12-5-3-4-11(13)14-12/h3-5,10H,6-9H2,1-2H3. The lowest BCUT2D eigenvalue weighted by atomic mass is 10.0. The lowest BCUT2D eigenvalue weighted by Crippen LogP contribution is -2.42. The van der Waals surface area contributed by atoms with E-state index in [-0.39, 0.29) is 0 Å². The number of piperidine rings is 1. The lowest BCUT2D eigenvalue weighted by molar-refractivity contribution is 0.249. The smallest absolute Gasteiger partial charge is 0.129 e. The van der Waals surface area contributed by atoms with Crippen molar-refractivity contribution in [2.45, 2.75) is 18.9 Å². The van der Waals surface area contributed by atoms with E-state index in [1.165, 1.54) is 12.8 Å². The average Bonchev–Trinajstić information content (AvgIpc) is 2.29. The molecule has 0 saturated carbocycles. The molecule has 0 aromatic carbocycles. The van der Waals surface area contributed by atoms with E-state index in [0.717, 1.165) is 29.6 Å². The van der Waals surface area contributed by atoms with Gasteiger partial charge in [0, 0.05) is 19.1 Å². The van der Waals surface area contributed by atoms with Gasteiger partial charge in [-0.25, -0.2) is 4.98 Å². The second kappa shape index (κ2) is 5.15. The molecule has 16 heavy (non-hydrogen) atoms. The molecule has 1 aliphatic heterocycles. The minimum Gasteiger partial charge on any atom is -0.356 e. The van der Waals surface area contributed by atoms with Crippen LogP contribution in [0, 0.1) is 0 Å². The molecular formula is C12H18BrN3. The quantitative estimate of drug-likeness (QED) is 0.777. The Bertz CT molecular complexity index is 346. The first-order valence-electron chi connectivity index (χ1n) is 5.71.